The first-order valence-corrected chi connectivity index (χ1v) is 8.56. The van der Waals surface area contributed by atoms with E-state index in [1.807, 2.05) is 30.3 Å². The summed E-state index contributed by atoms with van der Waals surface area (Å²) in [5.41, 5.74) is 5.22. The average molecular weight is 336 g/mol. The van der Waals surface area contributed by atoms with E-state index in [0.717, 1.165) is 46.7 Å². The van der Waals surface area contributed by atoms with Gasteiger partial charge in [-0.3, -0.25) is 0 Å². The normalized spacial score (nSPS) is 13.6. The van der Waals surface area contributed by atoms with Crippen LogP contribution in [0.5, 0.6) is 11.5 Å². The van der Waals surface area contributed by atoms with Crippen molar-refractivity contribution in [1.82, 2.24) is 0 Å². The molecule has 0 aliphatic carbocycles. The topological polar surface area (TPSA) is 43.2 Å². The minimum Gasteiger partial charge on any atom is -0.493 e. The highest BCUT2D eigenvalue weighted by molar-refractivity contribution is 6.15. The van der Waals surface area contributed by atoms with Gasteiger partial charge in [0.2, 0.25) is 0 Å². The van der Waals surface area contributed by atoms with Crippen LogP contribution in [0, 0.1) is 5.92 Å². The van der Waals surface area contributed by atoms with Crippen LogP contribution in [-0.4, -0.2) is 25.6 Å². The van der Waals surface area contributed by atoms with E-state index in [0.29, 0.717) is 11.7 Å². The molecule has 0 aromatic heterocycles. The fraction of sp³-hybridized carbons (Fsp3) is 0.333. The van der Waals surface area contributed by atoms with Gasteiger partial charge in [0.05, 0.1) is 14.2 Å². The van der Waals surface area contributed by atoms with Crippen molar-refractivity contribution < 1.29 is 9.47 Å². The van der Waals surface area contributed by atoms with E-state index >= 15 is 0 Å². The Bertz CT molecular complexity index is 808. The smallest absolute Gasteiger partial charge is 0.161 e. The van der Waals surface area contributed by atoms with Crippen LogP contribution < -0.4 is 9.47 Å². The summed E-state index contributed by atoms with van der Waals surface area (Å²) in [5.74, 6) is 1.98. The molecule has 2 aromatic rings. The lowest BCUT2D eigenvalue weighted by molar-refractivity contribution is 0.354. The highest BCUT2D eigenvalue weighted by atomic mass is 16.5. The van der Waals surface area contributed by atoms with E-state index in [1.54, 1.807) is 14.2 Å². The minimum absolute atomic E-state index is 0.538. The van der Waals surface area contributed by atoms with E-state index < -0.39 is 0 Å². The van der Waals surface area contributed by atoms with Crippen molar-refractivity contribution in [2.24, 2.45) is 16.1 Å². The number of nitrogens with zero attached hydrogens (tertiary/aromatic N) is 2. The summed E-state index contributed by atoms with van der Waals surface area (Å²) in [5, 5.41) is 9.18. The average Bonchev–Trinajstić information content (AvgIpc) is 2.79. The van der Waals surface area contributed by atoms with E-state index in [-0.39, 0.29) is 0 Å². The molecule has 1 aliphatic rings. The third kappa shape index (κ3) is 3.73. The lowest BCUT2D eigenvalue weighted by Crippen LogP contribution is -2.10. The van der Waals surface area contributed by atoms with Crippen LogP contribution in [0.1, 0.15) is 37.0 Å². The SMILES string of the molecule is COc1cc2c(cc1OC)C(c1ccccc1)=NN=C(CC(C)C)C2. The monoisotopic (exact) mass is 336 g/mol. The summed E-state index contributed by atoms with van der Waals surface area (Å²) in [6, 6.07) is 14.2. The van der Waals surface area contributed by atoms with E-state index in [2.05, 4.69) is 36.2 Å². The Hall–Kier alpha value is -2.62. The summed E-state index contributed by atoms with van der Waals surface area (Å²) in [7, 11) is 3.32. The molecule has 1 aliphatic heterocycles. The number of ether oxygens (including phenoxy) is 2. The van der Waals surface area contributed by atoms with Gasteiger partial charge < -0.3 is 9.47 Å². The lowest BCUT2D eigenvalue weighted by Gasteiger charge is -2.15. The highest BCUT2D eigenvalue weighted by Gasteiger charge is 2.21. The van der Waals surface area contributed by atoms with Gasteiger partial charge in [-0.05, 0) is 30.0 Å². The molecule has 0 unspecified atom stereocenters. The Morgan fingerprint density at radius 1 is 0.960 bits per heavy atom. The maximum atomic E-state index is 5.50. The summed E-state index contributed by atoms with van der Waals surface area (Å²) in [6.45, 7) is 4.40. The van der Waals surface area contributed by atoms with Crippen LogP contribution in [0.25, 0.3) is 0 Å². The summed E-state index contributed by atoms with van der Waals surface area (Å²) >= 11 is 0. The molecule has 3 rings (SSSR count). The zero-order chi connectivity index (χ0) is 17.8. The molecule has 2 aromatic carbocycles. The third-order valence-electron chi connectivity index (χ3n) is 4.24. The van der Waals surface area contributed by atoms with Crippen LogP contribution in [-0.2, 0) is 6.42 Å². The zero-order valence-corrected chi connectivity index (χ0v) is 15.2. The molecule has 0 saturated carbocycles. The Morgan fingerprint density at radius 2 is 1.64 bits per heavy atom. The maximum absolute atomic E-state index is 5.50. The number of benzene rings is 2. The Balaban J connectivity index is 2.16. The van der Waals surface area contributed by atoms with Gasteiger partial charge in [0.1, 0.15) is 5.71 Å². The van der Waals surface area contributed by atoms with Crippen molar-refractivity contribution in [1.29, 1.82) is 0 Å². The molecule has 4 nitrogen and oxygen atoms in total. The number of fused-ring (bicyclic) bond motifs is 1. The fourth-order valence-corrected chi connectivity index (χ4v) is 3.11. The van der Waals surface area contributed by atoms with Crippen molar-refractivity contribution in [3.05, 3.63) is 59.2 Å². The molecule has 0 N–H and O–H groups in total. The predicted molar refractivity (Wildman–Crippen MR) is 102 cm³/mol. The summed E-state index contributed by atoms with van der Waals surface area (Å²) < 4.78 is 11.0. The Morgan fingerprint density at radius 3 is 2.28 bits per heavy atom. The summed E-state index contributed by atoms with van der Waals surface area (Å²) in [6.07, 6.45) is 1.70. The van der Waals surface area contributed by atoms with Gasteiger partial charge in [-0.15, -0.1) is 5.10 Å². The van der Waals surface area contributed by atoms with Crippen LogP contribution in [0.2, 0.25) is 0 Å². The highest BCUT2D eigenvalue weighted by Crippen LogP contribution is 2.33. The van der Waals surface area contributed by atoms with E-state index in [9.17, 15) is 0 Å². The Labute approximate surface area is 149 Å². The first-order chi connectivity index (χ1) is 12.1. The second kappa shape index (κ2) is 7.51. The molecule has 1 heterocycles. The molecule has 0 amide bonds. The largest absolute Gasteiger partial charge is 0.493 e. The quantitative estimate of drug-likeness (QED) is 0.807. The van der Waals surface area contributed by atoms with Gasteiger partial charge in [-0.2, -0.15) is 5.10 Å². The van der Waals surface area contributed by atoms with Crippen molar-refractivity contribution in [2.45, 2.75) is 26.7 Å². The first-order valence-electron chi connectivity index (χ1n) is 8.56. The van der Waals surface area contributed by atoms with Crippen LogP contribution in [0.3, 0.4) is 0 Å². The molecule has 0 radical (unpaired) electrons. The van der Waals surface area contributed by atoms with Gasteiger partial charge in [0.15, 0.2) is 11.5 Å². The molecule has 0 spiro atoms. The van der Waals surface area contributed by atoms with Crippen LogP contribution in [0.15, 0.2) is 52.7 Å². The van der Waals surface area contributed by atoms with Gasteiger partial charge in [0, 0.05) is 23.3 Å². The lowest BCUT2D eigenvalue weighted by atomic mass is 9.92. The molecular weight excluding hydrogens is 312 g/mol. The van der Waals surface area contributed by atoms with E-state index in [4.69, 9.17) is 9.47 Å². The van der Waals surface area contributed by atoms with Crippen LogP contribution in [0.4, 0.5) is 0 Å². The molecular formula is C21H24N2O2. The molecule has 130 valence electrons. The second-order valence-electron chi connectivity index (χ2n) is 6.62. The van der Waals surface area contributed by atoms with Gasteiger partial charge in [-0.1, -0.05) is 44.2 Å². The molecule has 0 saturated heterocycles. The second-order valence-corrected chi connectivity index (χ2v) is 6.62. The van der Waals surface area contributed by atoms with Gasteiger partial charge in [0.25, 0.3) is 0 Å². The molecule has 0 bridgehead atoms. The minimum atomic E-state index is 0.538. The van der Waals surface area contributed by atoms with Crippen molar-refractivity contribution in [3.8, 4) is 11.5 Å². The van der Waals surface area contributed by atoms with E-state index in [1.165, 1.54) is 0 Å². The van der Waals surface area contributed by atoms with Crippen molar-refractivity contribution in [2.75, 3.05) is 14.2 Å². The summed E-state index contributed by atoms with van der Waals surface area (Å²) in [4.78, 5) is 0. The maximum Gasteiger partial charge on any atom is 0.161 e. The van der Waals surface area contributed by atoms with Gasteiger partial charge in [-0.25, -0.2) is 0 Å². The first kappa shape index (κ1) is 17.2. The number of rotatable bonds is 5. The molecule has 25 heavy (non-hydrogen) atoms. The van der Waals surface area contributed by atoms with Crippen molar-refractivity contribution in [3.63, 3.8) is 0 Å². The number of hydrogen-bond acceptors (Lipinski definition) is 4. The fourth-order valence-electron chi connectivity index (χ4n) is 3.11. The van der Waals surface area contributed by atoms with Crippen molar-refractivity contribution >= 4 is 11.4 Å². The number of hydrogen-bond donors (Lipinski definition) is 0. The predicted octanol–water partition coefficient (Wildman–Crippen LogP) is 4.50. The third-order valence-corrected chi connectivity index (χ3v) is 4.24. The molecule has 0 fully saturated rings. The molecule has 0 atom stereocenters. The van der Waals surface area contributed by atoms with Crippen LogP contribution >= 0.6 is 0 Å². The van der Waals surface area contributed by atoms with Gasteiger partial charge >= 0.3 is 0 Å². The zero-order valence-electron chi connectivity index (χ0n) is 15.2. The Kier molecular flexibility index (Phi) is 5.17. The number of methoxy groups -OCH3 is 2. The standard InChI is InChI=1S/C21H24N2O2/c1-14(2)10-17-11-16-12-19(24-3)20(25-4)13-18(16)21(23-22-17)15-8-6-5-7-9-15/h5-9,12-14H,10-11H2,1-4H3. The molecule has 4 heteroatoms.